The van der Waals surface area contributed by atoms with Crippen LogP contribution in [0.2, 0.25) is 0 Å². The van der Waals surface area contributed by atoms with E-state index in [-0.39, 0.29) is 31.4 Å². The van der Waals surface area contributed by atoms with E-state index in [1.807, 2.05) is 12.1 Å². The minimum absolute atomic E-state index is 0.0528. The van der Waals surface area contributed by atoms with Crippen LogP contribution in [-0.2, 0) is 19.1 Å². The van der Waals surface area contributed by atoms with Gasteiger partial charge in [-0.15, -0.1) is 0 Å². The molecular weight excluding hydrogens is 354 g/mol. The first-order valence-electron chi connectivity index (χ1n) is 8.51. The van der Waals surface area contributed by atoms with E-state index in [1.165, 1.54) is 22.7 Å². The van der Waals surface area contributed by atoms with Crippen molar-refractivity contribution in [2.75, 3.05) is 25.5 Å². The highest BCUT2D eigenvalue weighted by Gasteiger charge is 2.27. The maximum absolute atomic E-state index is 12.1. The van der Waals surface area contributed by atoms with Gasteiger partial charge in [-0.3, -0.25) is 4.79 Å². The van der Waals surface area contributed by atoms with Crippen molar-refractivity contribution in [2.45, 2.75) is 26.7 Å². The molecule has 1 amide bonds. The first kappa shape index (κ1) is 20.0. The van der Waals surface area contributed by atoms with Crippen molar-refractivity contribution in [3.05, 3.63) is 46.5 Å². The summed E-state index contributed by atoms with van der Waals surface area (Å²) >= 11 is 1.27. The van der Waals surface area contributed by atoms with Crippen LogP contribution in [0.4, 0.5) is 0 Å². The summed E-state index contributed by atoms with van der Waals surface area (Å²) in [6.07, 6.45) is 1.30. The van der Waals surface area contributed by atoms with Crippen LogP contribution in [0.5, 0.6) is 0 Å². The SMILES string of the molecule is CCOC(=O)/C=C1\SCC(=O)N1CCOC(=O)c1ccc(C(C)C)cc1. The highest BCUT2D eigenvalue weighted by Crippen LogP contribution is 2.28. The van der Waals surface area contributed by atoms with Crippen LogP contribution >= 0.6 is 11.8 Å². The topological polar surface area (TPSA) is 72.9 Å². The minimum Gasteiger partial charge on any atom is -0.463 e. The lowest BCUT2D eigenvalue weighted by Gasteiger charge is -2.16. The molecule has 2 rings (SSSR count). The molecule has 0 saturated carbocycles. The van der Waals surface area contributed by atoms with Gasteiger partial charge < -0.3 is 14.4 Å². The maximum atomic E-state index is 12.1. The molecule has 0 N–H and O–H groups in total. The lowest BCUT2D eigenvalue weighted by atomic mass is 10.0. The highest BCUT2D eigenvalue weighted by atomic mass is 32.2. The maximum Gasteiger partial charge on any atom is 0.338 e. The molecule has 1 saturated heterocycles. The van der Waals surface area contributed by atoms with Crippen LogP contribution in [0, 0.1) is 0 Å². The molecule has 1 aromatic carbocycles. The number of amides is 1. The fourth-order valence-electron chi connectivity index (χ4n) is 2.37. The van der Waals surface area contributed by atoms with Gasteiger partial charge in [-0.2, -0.15) is 0 Å². The number of carbonyl (C=O) groups excluding carboxylic acids is 3. The van der Waals surface area contributed by atoms with Gasteiger partial charge in [-0.05, 0) is 30.5 Å². The molecule has 0 atom stereocenters. The summed E-state index contributed by atoms with van der Waals surface area (Å²) in [5, 5.41) is 0.519. The minimum atomic E-state index is -0.489. The molecule has 1 heterocycles. The number of hydrogen-bond donors (Lipinski definition) is 0. The summed E-state index contributed by atoms with van der Waals surface area (Å²) in [5.41, 5.74) is 1.62. The summed E-state index contributed by atoms with van der Waals surface area (Å²) in [5.74, 6) is -0.394. The number of thioether (sulfide) groups is 1. The second-order valence-corrected chi connectivity index (χ2v) is 6.98. The monoisotopic (exact) mass is 377 g/mol. The molecule has 1 aliphatic heterocycles. The Balaban J connectivity index is 1.89. The number of esters is 2. The summed E-state index contributed by atoms with van der Waals surface area (Å²) < 4.78 is 10.1. The molecule has 0 unspecified atom stereocenters. The summed E-state index contributed by atoms with van der Waals surface area (Å²) in [6, 6.07) is 7.28. The Labute approximate surface area is 157 Å². The lowest BCUT2D eigenvalue weighted by Crippen LogP contribution is -2.29. The van der Waals surface area contributed by atoms with Crippen molar-refractivity contribution in [1.82, 2.24) is 4.90 Å². The molecule has 1 aromatic rings. The molecule has 0 aliphatic carbocycles. The van der Waals surface area contributed by atoms with E-state index in [1.54, 1.807) is 19.1 Å². The van der Waals surface area contributed by atoms with E-state index in [9.17, 15) is 14.4 Å². The van der Waals surface area contributed by atoms with Gasteiger partial charge in [0.25, 0.3) is 0 Å². The quantitative estimate of drug-likeness (QED) is 0.537. The van der Waals surface area contributed by atoms with Crippen LogP contribution in [0.25, 0.3) is 0 Å². The predicted octanol–water partition coefficient (Wildman–Crippen LogP) is 2.95. The first-order valence-corrected chi connectivity index (χ1v) is 9.49. The van der Waals surface area contributed by atoms with Gasteiger partial charge in [0.15, 0.2) is 0 Å². The fourth-order valence-corrected chi connectivity index (χ4v) is 3.33. The largest absolute Gasteiger partial charge is 0.463 e. The Morgan fingerprint density at radius 3 is 2.54 bits per heavy atom. The average molecular weight is 377 g/mol. The summed E-state index contributed by atoms with van der Waals surface area (Å²) in [7, 11) is 0. The van der Waals surface area contributed by atoms with E-state index in [2.05, 4.69) is 13.8 Å². The van der Waals surface area contributed by atoms with Gasteiger partial charge in [-0.1, -0.05) is 37.7 Å². The van der Waals surface area contributed by atoms with Crippen molar-refractivity contribution in [1.29, 1.82) is 0 Å². The number of ether oxygens (including phenoxy) is 2. The van der Waals surface area contributed by atoms with E-state index < -0.39 is 11.9 Å². The van der Waals surface area contributed by atoms with Crippen LogP contribution in [-0.4, -0.2) is 48.3 Å². The normalized spacial score (nSPS) is 15.6. The molecule has 0 bridgehead atoms. The number of rotatable bonds is 7. The van der Waals surface area contributed by atoms with Crippen molar-refractivity contribution >= 4 is 29.6 Å². The third-order valence-corrected chi connectivity index (χ3v) is 4.82. The Kier molecular flexibility index (Phi) is 7.26. The van der Waals surface area contributed by atoms with Crippen LogP contribution in [0.1, 0.15) is 42.6 Å². The molecule has 0 radical (unpaired) electrons. The highest BCUT2D eigenvalue weighted by molar-refractivity contribution is 8.04. The van der Waals surface area contributed by atoms with Gasteiger partial charge in [0.05, 0.1) is 35.6 Å². The van der Waals surface area contributed by atoms with Crippen LogP contribution in [0.15, 0.2) is 35.4 Å². The van der Waals surface area contributed by atoms with Crippen LogP contribution < -0.4 is 0 Å². The molecule has 7 heteroatoms. The molecule has 1 aliphatic rings. The van der Waals surface area contributed by atoms with Crippen LogP contribution in [0.3, 0.4) is 0 Å². The number of nitrogens with zero attached hydrogens (tertiary/aromatic N) is 1. The molecule has 0 spiro atoms. The molecule has 140 valence electrons. The van der Waals surface area contributed by atoms with Gasteiger partial charge in [0, 0.05) is 0 Å². The first-order chi connectivity index (χ1) is 12.4. The second-order valence-electron chi connectivity index (χ2n) is 5.98. The smallest absolute Gasteiger partial charge is 0.338 e. The molecular formula is C19H23NO5S. The summed E-state index contributed by atoms with van der Waals surface area (Å²) in [6.45, 7) is 6.41. The molecule has 1 fully saturated rings. The number of carbonyl (C=O) groups is 3. The third kappa shape index (κ3) is 5.36. The Hall–Kier alpha value is -2.28. The summed E-state index contributed by atoms with van der Waals surface area (Å²) in [4.78, 5) is 37.0. The van der Waals surface area contributed by atoms with Crippen molar-refractivity contribution < 1.29 is 23.9 Å². The van der Waals surface area contributed by atoms with Crippen molar-refractivity contribution in [2.24, 2.45) is 0 Å². The Morgan fingerprint density at radius 1 is 1.23 bits per heavy atom. The zero-order chi connectivity index (χ0) is 19.1. The zero-order valence-corrected chi connectivity index (χ0v) is 16.0. The standard InChI is InChI=1S/C19H23NO5S/c1-4-24-18(22)11-17-20(16(21)12-26-17)9-10-25-19(23)15-7-5-14(6-8-15)13(2)3/h5-8,11,13H,4,9-10,12H2,1-3H3/b17-11-. The fraction of sp³-hybridized carbons (Fsp3) is 0.421. The van der Waals surface area contributed by atoms with Gasteiger partial charge in [0.1, 0.15) is 6.61 Å². The van der Waals surface area contributed by atoms with Gasteiger partial charge in [0.2, 0.25) is 5.91 Å². The van der Waals surface area contributed by atoms with Gasteiger partial charge >= 0.3 is 11.9 Å². The molecule has 6 nitrogen and oxygen atoms in total. The van der Waals surface area contributed by atoms with Crippen molar-refractivity contribution in [3.63, 3.8) is 0 Å². The number of benzene rings is 1. The number of hydrogen-bond acceptors (Lipinski definition) is 6. The van der Waals surface area contributed by atoms with Gasteiger partial charge in [-0.25, -0.2) is 9.59 Å². The zero-order valence-electron chi connectivity index (χ0n) is 15.2. The van der Waals surface area contributed by atoms with E-state index in [0.29, 0.717) is 16.5 Å². The second kappa shape index (κ2) is 9.43. The lowest BCUT2D eigenvalue weighted by molar-refractivity contribution is -0.137. The predicted molar refractivity (Wildman–Crippen MR) is 99.7 cm³/mol. The Morgan fingerprint density at radius 2 is 1.92 bits per heavy atom. The third-order valence-electron chi connectivity index (χ3n) is 3.80. The average Bonchev–Trinajstić information content (AvgIpc) is 2.95. The van der Waals surface area contributed by atoms with E-state index >= 15 is 0 Å². The Bertz CT molecular complexity index is 696. The molecule has 0 aromatic heterocycles. The molecule has 26 heavy (non-hydrogen) atoms. The van der Waals surface area contributed by atoms with E-state index in [4.69, 9.17) is 9.47 Å². The van der Waals surface area contributed by atoms with Crippen molar-refractivity contribution in [3.8, 4) is 0 Å². The van der Waals surface area contributed by atoms with E-state index in [0.717, 1.165) is 5.56 Å².